The van der Waals surface area contributed by atoms with Crippen LogP contribution in [0, 0.1) is 11.8 Å². The molecule has 0 bridgehead atoms. The smallest absolute Gasteiger partial charge is 0.189 e. The molecule has 2 rings (SSSR count). The number of rotatable bonds is 9. The van der Waals surface area contributed by atoms with E-state index in [2.05, 4.69) is 90.5 Å². The molecule has 0 amide bonds. The van der Waals surface area contributed by atoms with E-state index < -0.39 is 0 Å². The van der Waals surface area contributed by atoms with Crippen molar-refractivity contribution in [3.05, 3.63) is 59.7 Å². The summed E-state index contributed by atoms with van der Waals surface area (Å²) in [6.45, 7) is 8.53. The molecule has 0 unspecified atom stereocenters. The molecule has 3 N–H and O–H groups in total. The Hall–Kier alpha value is -2.14. The highest BCUT2D eigenvalue weighted by Gasteiger charge is 2.17. The maximum atomic E-state index is 5.36. The second-order valence-electron chi connectivity index (χ2n) is 8.46. The van der Waals surface area contributed by atoms with Gasteiger partial charge in [0.2, 0.25) is 0 Å². The molecule has 0 fully saturated rings. The maximum Gasteiger partial charge on any atom is 0.189 e. The lowest BCUT2D eigenvalue weighted by Gasteiger charge is -2.18. The van der Waals surface area contributed by atoms with Gasteiger partial charge in [-0.3, -0.25) is 10.9 Å². The van der Waals surface area contributed by atoms with Crippen molar-refractivity contribution in [2.24, 2.45) is 22.0 Å². The molecule has 2 aromatic rings. The van der Waals surface area contributed by atoms with Crippen LogP contribution in [0.25, 0.3) is 0 Å². The molecule has 0 radical (unpaired) electrons. The average molecular weight is 547 g/mol. The zero-order chi connectivity index (χ0) is 26.0. The summed E-state index contributed by atoms with van der Waals surface area (Å²) in [5.74, 6) is 0.431. The van der Waals surface area contributed by atoms with Gasteiger partial charge in [-0.25, -0.2) is 0 Å². The van der Waals surface area contributed by atoms with Gasteiger partial charge in [0.1, 0.15) is 0 Å². The van der Waals surface area contributed by atoms with Crippen molar-refractivity contribution < 1.29 is 0 Å². The summed E-state index contributed by atoms with van der Waals surface area (Å²) >= 11 is 10.6. The van der Waals surface area contributed by atoms with E-state index >= 15 is 0 Å². The van der Waals surface area contributed by atoms with Crippen LogP contribution >= 0.6 is 46.0 Å². The first kappa shape index (κ1) is 29.1. The van der Waals surface area contributed by atoms with Crippen molar-refractivity contribution in [3.8, 4) is 0 Å². The Morgan fingerprint density at radius 1 is 0.771 bits per heavy atom. The van der Waals surface area contributed by atoms with Crippen LogP contribution in [0.2, 0.25) is 0 Å². The maximum absolute atomic E-state index is 5.36. The van der Waals surface area contributed by atoms with Crippen LogP contribution in [-0.2, 0) is 0 Å². The van der Waals surface area contributed by atoms with Crippen LogP contribution in [0.5, 0.6) is 0 Å². The van der Waals surface area contributed by atoms with E-state index in [1.54, 1.807) is 28.6 Å². The molecule has 0 aliphatic heterocycles. The number of nitrogens with zero attached hydrogens (tertiary/aromatic N) is 3. The Morgan fingerprint density at radius 2 is 1.20 bits per heavy atom. The molecule has 0 atom stereocenters. The van der Waals surface area contributed by atoms with Gasteiger partial charge in [-0.1, -0.05) is 85.7 Å². The first-order valence-electron chi connectivity index (χ1n) is 11.3. The lowest BCUT2D eigenvalue weighted by atomic mass is 10.0. The number of thiocarbonyl (C=S) groups is 2. The fourth-order valence-electron chi connectivity index (χ4n) is 2.97. The molecule has 188 valence electrons. The Balaban J connectivity index is 2.36. The van der Waals surface area contributed by atoms with E-state index in [1.807, 2.05) is 31.1 Å². The minimum Gasteiger partial charge on any atom is -0.364 e. The summed E-state index contributed by atoms with van der Waals surface area (Å²) in [5, 5.41) is 13.2. The third kappa shape index (κ3) is 8.79. The summed E-state index contributed by atoms with van der Waals surface area (Å²) in [6.07, 6.45) is 0. The van der Waals surface area contributed by atoms with Gasteiger partial charge >= 0.3 is 0 Å². The fraction of sp³-hybridized carbons (Fsp3) is 0.360. The van der Waals surface area contributed by atoms with Crippen molar-refractivity contribution in [1.29, 1.82) is 0 Å². The Bertz CT molecular complexity index is 1080. The monoisotopic (exact) mass is 546 g/mol. The predicted molar refractivity (Wildman–Crippen MR) is 162 cm³/mol. The normalized spacial score (nSPS) is 12.0. The van der Waals surface area contributed by atoms with Crippen molar-refractivity contribution in [2.45, 2.75) is 37.5 Å². The van der Waals surface area contributed by atoms with E-state index in [4.69, 9.17) is 24.4 Å². The zero-order valence-electron chi connectivity index (χ0n) is 21.2. The summed E-state index contributed by atoms with van der Waals surface area (Å²) < 4.78 is 0. The molecule has 0 aromatic heterocycles. The number of hydrogen-bond donors (Lipinski definition) is 3. The number of benzene rings is 2. The molecule has 10 heteroatoms. The van der Waals surface area contributed by atoms with E-state index in [0.717, 1.165) is 32.3 Å². The van der Waals surface area contributed by atoms with Gasteiger partial charge in [-0.05, 0) is 48.4 Å². The van der Waals surface area contributed by atoms with Crippen LogP contribution in [0.15, 0.2) is 68.5 Å². The molecule has 0 saturated carbocycles. The quantitative estimate of drug-likeness (QED) is 0.159. The second-order valence-corrected chi connectivity index (χ2v) is 11.5. The minimum absolute atomic E-state index is 0.215. The Morgan fingerprint density at radius 3 is 1.60 bits per heavy atom. The predicted octanol–water partition coefficient (Wildman–Crippen LogP) is 5.74. The first-order valence-corrected chi connectivity index (χ1v) is 14.3. The number of hydrogen-bond acceptors (Lipinski definition) is 6. The second kappa shape index (κ2) is 14.4. The highest BCUT2D eigenvalue weighted by molar-refractivity contribution is 8.76. The molecular weight excluding hydrogens is 513 g/mol. The topological polar surface area (TPSA) is 64.0 Å². The van der Waals surface area contributed by atoms with E-state index in [-0.39, 0.29) is 11.8 Å². The zero-order valence-corrected chi connectivity index (χ0v) is 24.5. The molecule has 0 aliphatic rings. The molecular formula is C25H34N6S4. The standard InChI is InChI=1S/C25H34N6S4/c1-16(2)22(27-29-24(32)26-5)18-12-8-10-14-20(18)34-35-21-15-11-9-13-19(21)23(17(3)4)28-30-25(33)31(6)7/h8-17H,1-7H3,(H,30,33)(H2,26,29,32)/b27-22+,28-23+. The van der Waals surface area contributed by atoms with Crippen LogP contribution in [0.4, 0.5) is 0 Å². The molecule has 2 aromatic carbocycles. The van der Waals surface area contributed by atoms with Gasteiger partial charge < -0.3 is 10.2 Å². The van der Waals surface area contributed by atoms with Gasteiger partial charge in [0.25, 0.3) is 0 Å². The van der Waals surface area contributed by atoms with E-state index in [1.165, 1.54) is 0 Å². The molecule has 35 heavy (non-hydrogen) atoms. The highest BCUT2D eigenvalue weighted by atomic mass is 33.1. The Labute approximate surface area is 228 Å². The van der Waals surface area contributed by atoms with Crippen LogP contribution in [0.3, 0.4) is 0 Å². The van der Waals surface area contributed by atoms with Crippen LogP contribution in [-0.4, -0.2) is 47.7 Å². The van der Waals surface area contributed by atoms with Gasteiger partial charge in [0, 0.05) is 42.1 Å². The van der Waals surface area contributed by atoms with Gasteiger partial charge in [0.05, 0.1) is 11.4 Å². The van der Waals surface area contributed by atoms with Gasteiger partial charge in [-0.2, -0.15) is 10.2 Å². The summed E-state index contributed by atoms with van der Waals surface area (Å²) in [5.41, 5.74) is 10.0. The first-order chi connectivity index (χ1) is 16.6. The lowest BCUT2D eigenvalue weighted by Crippen LogP contribution is -2.32. The highest BCUT2D eigenvalue weighted by Crippen LogP contribution is 2.41. The number of nitrogens with one attached hydrogen (secondary N) is 3. The molecule has 0 aliphatic carbocycles. The number of hydrazone groups is 2. The Kier molecular flexibility index (Phi) is 12.0. The van der Waals surface area contributed by atoms with Crippen molar-refractivity contribution >= 4 is 67.7 Å². The SMILES string of the molecule is CNC(=S)N/N=C(/c1ccccc1SSc1ccccc1/C(=N/NC(=S)N(C)C)C(C)C)C(C)C. The van der Waals surface area contributed by atoms with Crippen LogP contribution < -0.4 is 16.2 Å². The summed E-state index contributed by atoms with van der Waals surface area (Å²) in [7, 11) is 8.99. The molecule has 0 saturated heterocycles. The van der Waals surface area contributed by atoms with Gasteiger partial charge in [0.15, 0.2) is 10.2 Å². The van der Waals surface area contributed by atoms with Crippen molar-refractivity contribution in [2.75, 3.05) is 21.1 Å². The molecule has 6 nitrogen and oxygen atoms in total. The third-order valence-electron chi connectivity index (χ3n) is 4.82. The van der Waals surface area contributed by atoms with E-state index in [0.29, 0.717) is 10.2 Å². The average Bonchev–Trinajstić information content (AvgIpc) is 2.83. The summed E-state index contributed by atoms with van der Waals surface area (Å²) in [4.78, 5) is 4.10. The molecule has 0 heterocycles. The van der Waals surface area contributed by atoms with Gasteiger partial charge in [-0.15, -0.1) is 0 Å². The minimum atomic E-state index is 0.215. The fourth-order valence-corrected chi connectivity index (χ4v) is 5.44. The third-order valence-corrected chi connectivity index (χ3v) is 8.06. The van der Waals surface area contributed by atoms with Crippen LogP contribution in [0.1, 0.15) is 38.8 Å². The largest absolute Gasteiger partial charge is 0.364 e. The summed E-state index contributed by atoms with van der Waals surface area (Å²) in [6, 6.07) is 16.6. The van der Waals surface area contributed by atoms with E-state index in [9.17, 15) is 0 Å². The lowest BCUT2D eigenvalue weighted by molar-refractivity contribution is 0.605. The van der Waals surface area contributed by atoms with Crippen molar-refractivity contribution in [3.63, 3.8) is 0 Å². The van der Waals surface area contributed by atoms with Crippen molar-refractivity contribution in [1.82, 2.24) is 21.1 Å². The molecule has 0 spiro atoms.